The second-order valence-electron chi connectivity index (χ2n) is 7.65. The molecule has 0 saturated carbocycles. The lowest BCUT2D eigenvalue weighted by atomic mass is 10.1. The van der Waals surface area contributed by atoms with Crippen LogP contribution >= 0.6 is 0 Å². The van der Waals surface area contributed by atoms with E-state index < -0.39 is 22.6 Å². The zero-order valence-electron chi connectivity index (χ0n) is 18.0. The summed E-state index contributed by atoms with van der Waals surface area (Å²) in [6, 6.07) is 12.0. The topological polar surface area (TPSA) is 84.5 Å². The number of carbonyl (C=O) groups is 1. The van der Waals surface area contributed by atoms with E-state index in [2.05, 4.69) is 5.10 Å². The van der Waals surface area contributed by atoms with Crippen molar-refractivity contribution in [3.63, 3.8) is 0 Å². The van der Waals surface area contributed by atoms with Gasteiger partial charge in [0.15, 0.2) is 5.69 Å². The first-order chi connectivity index (χ1) is 15.5. The summed E-state index contributed by atoms with van der Waals surface area (Å²) in [5.74, 6) is -0.435. The number of aromatic nitrogens is 2. The van der Waals surface area contributed by atoms with Gasteiger partial charge in [-0.05, 0) is 50.0 Å². The highest BCUT2D eigenvalue weighted by atomic mass is 19.4. The molecule has 2 aromatic carbocycles. The van der Waals surface area contributed by atoms with E-state index in [4.69, 9.17) is 0 Å². The van der Waals surface area contributed by atoms with Gasteiger partial charge in [-0.25, -0.2) is 4.68 Å². The molecule has 33 heavy (non-hydrogen) atoms. The summed E-state index contributed by atoms with van der Waals surface area (Å²) in [6.07, 6.45) is -2.93. The maximum Gasteiger partial charge on any atom is 0.416 e. The average Bonchev–Trinajstić information content (AvgIpc) is 3.26. The van der Waals surface area contributed by atoms with Gasteiger partial charge < -0.3 is 9.80 Å². The molecule has 8 nitrogen and oxygen atoms in total. The molecule has 0 saturated heterocycles. The predicted molar refractivity (Wildman–Crippen MR) is 115 cm³/mol. The van der Waals surface area contributed by atoms with Crippen LogP contribution in [0.15, 0.2) is 60.8 Å². The lowest BCUT2D eigenvalue weighted by Gasteiger charge is -2.24. The summed E-state index contributed by atoms with van der Waals surface area (Å²) in [5.41, 5.74) is 0.142. The van der Waals surface area contributed by atoms with Gasteiger partial charge in [0.1, 0.15) is 0 Å². The number of carbonyl (C=O) groups excluding carboxylic acids is 1. The van der Waals surface area contributed by atoms with Crippen molar-refractivity contribution >= 4 is 11.6 Å². The summed E-state index contributed by atoms with van der Waals surface area (Å²) in [6.45, 7) is 0.779. The second-order valence-corrected chi connectivity index (χ2v) is 7.65. The van der Waals surface area contributed by atoms with Crippen molar-refractivity contribution in [3.8, 4) is 5.69 Å². The van der Waals surface area contributed by atoms with E-state index in [9.17, 15) is 28.1 Å². The Morgan fingerprint density at radius 3 is 2.39 bits per heavy atom. The molecule has 11 heteroatoms. The smallest absolute Gasteiger partial charge is 0.332 e. The number of halogens is 3. The molecule has 0 radical (unpaired) electrons. The Bertz CT molecular complexity index is 1130. The Balaban J connectivity index is 1.83. The van der Waals surface area contributed by atoms with E-state index in [-0.39, 0.29) is 24.5 Å². The van der Waals surface area contributed by atoms with Gasteiger partial charge in [-0.15, -0.1) is 0 Å². The predicted octanol–water partition coefficient (Wildman–Crippen LogP) is 4.00. The molecule has 0 unspecified atom stereocenters. The molecule has 1 heterocycles. The quantitative estimate of drug-likeness (QED) is 0.374. The van der Waals surface area contributed by atoms with Gasteiger partial charge in [-0.1, -0.05) is 12.1 Å². The molecule has 0 bridgehead atoms. The Morgan fingerprint density at radius 1 is 1.09 bits per heavy atom. The van der Waals surface area contributed by atoms with Crippen LogP contribution in [-0.4, -0.2) is 57.6 Å². The number of benzene rings is 2. The highest BCUT2D eigenvalue weighted by molar-refractivity contribution is 5.92. The molecular weight excluding hydrogens is 439 g/mol. The summed E-state index contributed by atoms with van der Waals surface area (Å²) in [7, 11) is 3.66. The molecule has 0 aliphatic rings. The summed E-state index contributed by atoms with van der Waals surface area (Å²) < 4.78 is 40.6. The van der Waals surface area contributed by atoms with Crippen molar-refractivity contribution in [2.75, 3.05) is 27.2 Å². The van der Waals surface area contributed by atoms with E-state index in [0.717, 1.165) is 12.1 Å². The first-order valence-corrected chi connectivity index (χ1v) is 9.95. The normalized spacial score (nSPS) is 11.6. The second kappa shape index (κ2) is 9.82. The fraction of sp³-hybridized carbons (Fsp3) is 0.273. The Hall–Kier alpha value is -3.73. The van der Waals surface area contributed by atoms with Crippen LogP contribution in [0.5, 0.6) is 0 Å². The number of rotatable bonds is 8. The Morgan fingerprint density at radius 2 is 1.79 bits per heavy atom. The molecule has 1 amide bonds. The van der Waals surface area contributed by atoms with Crippen LogP contribution in [0, 0.1) is 10.1 Å². The van der Waals surface area contributed by atoms with Crippen molar-refractivity contribution < 1.29 is 22.9 Å². The number of alkyl halides is 3. The van der Waals surface area contributed by atoms with Gasteiger partial charge >= 0.3 is 6.18 Å². The molecule has 0 aliphatic carbocycles. The highest BCUT2D eigenvalue weighted by Gasteiger charge is 2.30. The molecule has 3 aromatic rings. The van der Waals surface area contributed by atoms with E-state index in [1.807, 2.05) is 19.0 Å². The molecule has 3 rings (SSSR count). The van der Waals surface area contributed by atoms with Crippen LogP contribution in [0.25, 0.3) is 5.69 Å². The molecule has 0 N–H and O–H groups in total. The molecule has 174 valence electrons. The number of nitrogens with zero attached hydrogens (tertiary/aromatic N) is 5. The number of nitro benzene ring substituents is 1. The number of amides is 1. The fourth-order valence-electron chi connectivity index (χ4n) is 3.11. The SMILES string of the molecule is CN(C)CCN(Cc1cccc(C(F)(F)F)c1)C(=O)c1ccn(-c2ccc([N+](=O)[O-])cc2)n1. The van der Waals surface area contributed by atoms with E-state index in [0.29, 0.717) is 17.8 Å². The minimum atomic E-state index is -4.47. The number of non-ortho nitro benzene ring substituents is 1. The zero-order chi connectivity index (χ0) is 24.2. The molecule has 1 aromatic heterocycles. The average molecular weight is 461 g/mol. The third-order valence-electron chi connectivity index (χ3n) is 4.87. The highest BCUT2D eigenvalue weighted by Crippen LogP contribution is 2.30. The minimum Gasteiger partial charge on any atom is -0.332 e. The first-order valence-electron chi connectivity index (χ1n) is 9.95. The van der Waals surface area contributed by atoms with Crippen LogP contribution in [0.3, 0.4) is 0 Å². The molecule has 0 atom stereocenters. The van der Waals surface area contributed by atoms with Gasteiger partial charge in [-0.2, -0.15) is 18.3 Å². The maximum absolute atomic E-state index is 13.2. The summed E-state index contributed by atoms with van der Waals surface area (Å²) in [5, 5.41) is 15.1. The van der Waals surface area contributed by atoms with Gasteiger partial charge in [0.25, 0.3) is 11.6 Å². The van der Waals surface area contributed by atoms with Crippen molar-refractivity contribution in [1.29, 1.82) is 0 Å². The van der Waals surface area contributed by atoms with E-state index in [1.54, 1.807) is 12.3 Å². The van der Waals surface area contributed by atoms with Crippen molar-refractivity contribution in [2.24, 2.45) is 0 Å². The van der Waals surface area contributed by atoms with Gasteiger partial charge in [0.2, 0.25) is 0 Å². The number of hydrogen-bond acceptors (Lipinski definition) is 5. The standard InChI is InChI=1S/C22H22F3N5O3/c1-27(2)12-13-28(15-16-4-3-5-17(14-16)22(23,24)25)21(31)20-10-11-29(26-20)18-6-8-19(9-7-18)30(32)33/h3-11,14H,12-13,15H2,1-2H3. The maximum atomic E-state index is 13.2. The molecule has 0 aliphatic heterocycles. The lowest BCUT2D eigenvalue weighted by Crippen LogP contribution is -2.36. The van der Waals surface area contributed by atoms with Crippen LogP contribution in [0.1, 0.15) is 21.6 Å². The summed E-state index contributed by atoms with van der Waals surface area (Å²) in [4.78, 5) is 26.8. The van der Waals surface area contributed by atoms with Crippen molar-refractivity contribution in [2.45, 2.75) is 12.7 Å². The van der Waals surface area contributed by atoms with Crippen LogP contribution in [0.4, 0.5) is 18.9 Å². The minimum absolute atomic E-state index is 0.0129. The molecular formula is C22H22F3N5O3. The van der Waals surface area contributed by atoms with Crippen molar-refractivity contribution in [3.05, 3.63) is 87.7 Å². The van der Waals surface area contributed by atoms with Crippen LogP contribution in [-0.2, 0) is 12.7 Å². The van der Waals surface area contributed by atoms with E-state index >= 15 is 0 Å². The third kappa shape index (κ3) is 6.16. The number of hydrogen-bond donors (Lipinski definition) is 0. The number of likely N-dealkylation sites (N-methyl/N-ethyl adjacent to an activating group) is 1. The fourth-order valence-corrected chi connectivity index (χ4v) is 3.11. The van der Waals surface area contributed by atoms with E-state index in [1.165, 1.54) is 46.0 Å². The summed E-state index contributed by atoms with van der Waals surface area (Å²) >= 11 is 0. The Kier molecular flexibility index (Phi) is 7.12. The number of nitro groups is 1. The monoisotopic (exact) mass is 461 g/mol. The largest absolute Gasteiger partial charge is 0.416 e. The van der Waals surface area contributed by atoms with Crippen LogP contribution < -0.4 is 0 Å². The van der Waals surface area contributed by atoms with Gasteiger partial charge in [0, 0.05) is 38.0 Å². The molecule has 0 spiro atoms. The lowest BCUT2D eigenvalue weighted by molar-refractivity contribution is -0.384. The van der Waals surface area contributed by atoms with Gasteiger partial charge in [-0.3, -0.25) is 14.9 Å². The van der Waals surface area contributed by atoms with Gasteiger partial charge in [0.05, 0.1) is 16.2 Å². The first kappa shape index (κ1) is 23.9. The third-order valence-corrected chi connectivity index (χ3v) is 4.87. The zero-order valence-corrected chi connectivity index (χ0v) is 18.0. The molecule has 0 fully saturated rings. The Labute approximate surface area is 188 Å². The van der Waals surface area contributed by atoms with Crippen LogP contribution in [0.2, 0.25) is 0 Å². The van der Waals surface area contributed by atoms with Crippen molar-refractivity contribution in [1.82, 2.24) is 19.6 Å².